The second-order valence-electron chi connectivity index (χ2n) is 5.77. The first kappa shape index (κ1) is 15.4. The maximum absolute atomic E-state index is 12.0. The third-order valence-electron chi connectivity index (χ3n) is 4.24. The van der Waals surface area contributed by atoms with Crippen LogP contribution in [0.3, 0.4) is 0 Å². The van der Waals surface area contributed by atoms with E-state index in [-0.39, 0.29) is 12.6 Å². The van der Waals surface area contributed by atoms with Crippen molar-refractivity contribution in [2.75, 3.05) is 11.9 Å². The van der Waals surface area contributed by atoms with Crippen LogP contribution in [0, 0.1) is 12.3 Å². The summed E-state index contributed by atoms with van der Waals surface area (Å²) in [5.74, 6) is -0.807. The number of hydrogen-bond donors (Lipinski definition) is 3. The van der Waals surface area contributed by atoms with Gasteiger partial charge in [-0.2, -0.15) is 0 Å². The van der Waals surface area contributed by atoms with Gasteiger partial charge in [0.25, 0.3) is 0 Å². The molecular formula is C16H22N2O3. The molecule has 2 amide bonds. The van der Waals surface area contributed by atoms with Crippen LogP contribution in [-0.2, 0) is 4.79 Å². The first-order chi connectivity index (χ1) is 10.0. The highest BCUT2D eigenvalue weighted by molar-refractivity contribution is 5.90. The number of aliphatic carboxylic acids is 1. The van der Waals surface area contributed by atoms with E-state index in [1.807, 2.05) is 31.2 Å². The molecular weight excluding hydrogens is 268 g/mol. The number of urea groups is 1. The van der Waals surface area contributed by atoms with Gasteiger partial charge in [-0.1, -0.05) is 37.5 Å². The van der Waals surface area contributed by atoms with E-state index in [9.17, 15) is 14.7 Å². The van der Waals surface area contributed by atoms with Crippen molar-refractivity contribution < 1.29 is 14.7 Å². The van der Waals surface area contributed by atoms with Crippen LogP contribution in [0.4, 0.5) is 10.5 Å². The van der Waals surface area contributed by atoms with E-state index in [1.54, 1.807) is 0 Å². The second-order valence-corrected chi connectivity index (χ2v) is 5.77. The van der Waals surface area contributed by atoms with Crippen LogP contribution < -0.4 is 10.6 Å². The number of carbonyl (C=O) groups is 2. The lowest BCUT2D eigenvalue weighted by atomic mass is 9.74. The molecule has 0 spiro atoms. The molecule has 1 saturated carbocycles. The van der Waals surface area contributed by atoms with Gasteiger partial charge in [-0.05, 0) is 31.4 Å². The Bertz CT molecular complexity index is 522. The molecule has 0 aliphatic heterocycles. The highest BCUT2D eigenvalue weighted by Crippen LogP contribution is 2.36. The van der Waals surface area contributed by atoms with E-state index in [0.29, 0.717) is 12.8 Å². The zero-order valence-corrected chi connectivity index (χ0v) is 12.3. The van der Waals surface area contributed by atoms with E-state index in [0.717, 1.165) is 30.5 Å². The number of anilines is 1. The molecule has 0 atom stereocenters. The number of benzene rings is 1. The number of aryl methyl sites for hydroxylation is 1. The van der Waals surface area contributed by atoms with E-state index < -0.39 is 11.4 Å². The van der Waals surface area contributed by atoms with Crippen molar-refractivity contribution in [1.29, 1.82) is 0 Å². The van der Waals surface area contributed by atoms with Gasteiger partial charge in [0, 0.05) is 12.2 Å². The Kier molecular flexibility index (Phi) is 4.83. The largest absolute Gasteiger partial charge is 0.481 e. The Morgan fingerprint density at radius 2 is 1.86 bits per heavy atom. The summed E-state index contributed by atoms with van der Waals surface area (Å²) in [5.41, 5.74) is 0.905. The lowest BCUT2D eigenvalue weighted by molar-refractivity contribution is -0.150. The van der Waals surface area contributed by atoms with Crippen molar-refractivity contribution in [3.05, 3.63) is 29.8 Å². The topological polar surface area (TPSA) is 78.4 Å². The van der Waals surface area contributed by atoms with Crippen molar-refractivity contribution in [1.82, 2.24) is 5.32 Å². The Morgan fingerprint density at radius 3 is 2.48 bits per heavy atom. The average molecular weight is 290 g/mol. The molecule has 1 fully saturated rings. The maximum atomic E-state index is 12.0. The molecule has 1 aliphatic rings. The predicted octanol–water partition coefficient (Wildman–Crippen LogP) is 3.15. The summed E-state index contributed by atoms with van der Waals surface area (Å²) in [5, 5.41) is 14.9. The van der Waals surface area contributed by atoms with Gasteiger partial charge in [-0.25, -0.2) is 4.79 Å². The third-order valence-corrected chi connectivity index (χ3v) is 4.24. The van der Waals surface area contributed by atoms with Gasteiger partial charge in [0.2, 0.25) is 0 Å². The van der Waals surface area contributed by atoms with Crippen molar-refractivity contribution in [3.8, 4) is 0 Å². The minimum Gasteiger partial charge on any atom is -0.481 e. The van der Waals surface area contributed by atoms with Crippen LogP contribution in [0.1, 0.15) is 37.7 Å². The fraction of sp³-hybridized carbons (Fsp3) is 0.500. The van der Waals surface area contributed by atoms with Crippen LogP contribution in [0.15, 0.2) is 24.3 Å². The molecule has 0 bridgehead atoms. The number of carboxylic acid groups (broad SMARTS) is 1. The van der Waals surface area contributed by atoms with Gasteiger partial charge in [0.1, 0.15) is 0 Å². The number of carbonyl (C=O) groups excluding carboxylic acids is 1. The molecule has 3 N–H and O–H groups in total. The standard InChI is InChI=1S/C16H22N2O3/c1-12-7-3-4-8-13(12)18-15(21)17-11-16(14(19)20)9-5-2-6-10-16/h3-4,7-8H,2,5-6,9-11H2,1H3,(H,19,20)(H2,17,18,21). The number of para-hydroxylation sites is 1. The molecule has 114 valence electrons. The van der Waals surface area contributed by atoms with Crippen molar-refractivity contribution in [3.63, 3.8) is 0 Å². The highest BCUT2D eigenvalue weighted by Gasteiger charge is 2.39. The smallest absolute Gasteiger partial charge is 0.319 e. The third kappa shape index (κ3) is 3.74. The molecule has 1 aromatic rings. The van der Waals surface area contributed by atoms with Gasteiger partial charge in [-0.3, -0.25) is 4.79 Å². The van der Waals surface area contributed by atoms with Crippen LogP contribution in [-0.4, -0.2) is 23.7 Å². The van der Waals surface area contributed by atoms with Gasteiger partial charge in [-0.15, -0.1) is 0 Å². The van der Waals surface area contributed by atoms with Crippen LogP contribution in [0.5, 0.6) is 0 Å². The van der Waals surface area contributed by atoms with Crippen LogP contribution in [0.2, 0.25) is 0 Å². The zero-order chi connectivity index (χ0) is 15.3. The monoisotopic (exact) mass is 290 g/mol. The average Bonchev–Trinajstić information content (AvgIpc) is 2.48. The van der Waals surface area contributed by atoms with E-state index in [1.165, 1.54) is 0 Å². The molecule has 0 saturated heterocycles. The molecule has 1 aromatic carbocycles. The molecule has 5 heteroatoms. The van der Waals surface area contributed by atoms with Crippen LogP contribution in [0.25, 0.3) is 0 Å². The van der Waals surface area contributed by atoms with Gasteiger partial charge >= 0.3 is 12.0 Å². The van der Waals surface area contributed by atoms with E-state index >= 15 is 0 Å². The maximum Gasteiger partial charge on any atom is 0.319 e. The lowest BCUT2D eigenvalue weighted by Crippen LogP contribution is -2.45. The van der Waals surface area contributed by atoms with Crippen molar-refractivity contribution in [2.24, 2.45) is 5.41 Å². The number of nitrogens with one attached hydrogen (secondary N) is 2. The minimum atomic E-state index is -0.807. The van der Waals surface area contributed by atoms with Gasteiger partial charge in [0.15, 0.2) is 0 Å². The summed E-state index contributed by atoms with van der Waals surface area (Å²) in [6.45, 7) is 2.09. The summed E-state index contributed by atoms with van der Waals surface area (Å²) in [6.07, 6.45) is 4.16. The molecule has 0 heterocycles. The molecule has 0 aromatic heterocycles. The summed E-state index contributed by atoms with van der Waals surface area (Å²) < 4.78 is 0. The van der Waals surface area contributed by atoms with Crippen molar-refractivity contribution >= 4 is 17.7 Å². The van der Waals surface area contributed by atoms with Gasteiger partial charge in [0.05, 0.1) is 5.41 Å². The number of rotatable bonds is 4. The predicted molar refractivity (Wildman–Crippen MR) is 81.4 cm³/mol. The molecule has 1 aliphatic carbocycles. The number of carboxylic acids is 1. The van der Waals surface area contributed by atoms with Crippen molar-refractivity contribution in [2.45, 2.75) is 39.0 Å². The Morgan fingerprint density at radius 1 is 1.19 bits per heavy atom. The molecule has 2 rings (SSSR count). The van der Waals surface area contributed by atoms with Gasteiger partial charge < -0.3 is 15.7 Å². The molecule has 0 radical (unpaired) electrons. The number of amides is 2. The zero-order valence-electron chi connectivity index (χ0n) is 12.3. The Hall–Kier alpha value is -2.04. The minimum absolute atomic E-state index is 0.181. The fourth-order valence-corrected chi connectivity index (χ4v) is 2.82. The Labute approximate surface area is 124 Å². The first-order valence-electron chi connectivity index (χ1n) is 7.37. The molecule has 21 heavy (non-hydrogen) atoms. The second kappa shape index (κ2) is 6.61. The summed E-state index contributed by atoms with van der Waals surface area (Å²) >= 11 is 0. The summed E-state index contributed by atoms with van der Waals surface area (Å²) in [6, 6.07) is 7.14. The number of hydrogen-bond acceptors (Lipinski definition) is 2. The summed E-state index contributed by atoms with van der Waals surface area (Å²) in [7, 11) is 0. The molecule has 0 unspecified atom stereocenters. The van der Waals surface area contributed by atoms with Crippen LogP contribution >= 0.6 is 0 Å². The van der Waals surface area contributed by atoms with E-state index in [2.05, 4.69) is 10.6 Å². The summed E-state index contributed by atoms with van der Waals surface area (Å²) in [4.78, 5) is 23.5. The van der Waals surface area contributed by atoms with E-state index in [4.69, 9.17) is 0 Å². The lowest BCUT2D eigenvalue weighted by Gasteiger charge is -2.33. The Balaban J connectivity index is 1.93. The highest BCUT2D eigenvalue weighted by atomic mass is 16.4. The quantitative estimate of drug-likeness (QED) is 0.797. The first-order valence-corrected chi connectivity index (χ1v) is 7.37. The SMILES string of the molecule is Cc1ccccc1NC(=O)NCC1(C(=O)O)CCCCC1. The molecule has 5 nitrogen and oxygen atoms in total. The fourth-order valence-electron chi connectivity index (χ4n) is 2.82. The normalized spacial score (nSPS) is 17.0.